The third kappa shape index (κ3) is 6.74. The summed E-state index contributed by atoms with van der Waals surface area (Å²) in [6.07, 6.45) is 0.591. The van der Waals surface area contributed by atoms with Crippen LogP contribution in [0.2, 0.25) is 0 Å². The number of nitrogens with zero attached hydrogens (tertiary/aromatic N) is 1. The Balaban J connectivity index is 1.75. The van der Waals surface area contributed by atoms with Gasteiger partial charge in [0.15, 0.2) is 18.1 Å². The number of halogens is 2. The van der Waals surface area contributed by atoms with Crippen molar-refractivity contribution in [3.63, 3.8) is 0 Å². The van der Waals surface area contributed by atoms with Crippen molar-refractivity contribution in [1.29, 1.82) is 5.26 Å². The van der Waals surface area contributed by atoms with Crippen molar-refractivity contribution in [3.8, 4) is 23.3 Å². The van der Waals surface area contributed by atoms with Gasteiger partial charge < -0.3 is 19.5 Å². The summed E-state index contributed by atoms with van der Waals surface area (Å²) in [5.74, 6) is 0.733. The fourth-order valence-electron chi connectivity index (χ4n) is 2.25. The van der Waals surface area contributed by atoms with Gasteiger partial charge in [-0.05, 0) is 59.6 Å². The zero-order chi connectivity index (χ0) is 20.4. The van der Waals surface area contributed by atoms with Gasteiger partial charge in [-0.1, -0.05) is 0 Å². The molecule has 2 aromatic rings. The SMILES string of the molecule is CCOc1cc(C#N)cc(Br)c1OCC(=O)NCCCOc1ccc(F)cc1. The molecular formula is C20H20BrFN2O4. The summed E-state index contributed by atoms with van der Waals surface area (Å²) in [7, 11) is 0. The summed E-state index contributed by atoms with van der Waals surface area (Å²) in [6, 6.07) is 11.0. The summed E-state index contributed by atoms with van der Waals surface area (Å²) in [5, 5.41) is 11.8. The summed E-state index contributed by atoms with van der Waals surface area (Å²) in [5.41, 5.74) is 0.424. The van der Waals surface area contributed by atoms with E-state index in [2.05, 4.69) is 21.2 Å². The van der Waals surface area contributed by atoms with E-state index >= 15 is 0 Å². The minimum atomic E-state index is -0.319. The van der Waals surface area contributed by atoms with Crippen LogP contribution >= 0.6 is 15.9 Å². The predicted octanol–water partition coefficient (Wildman–Crippen LogP) is 3.82. The normalized spacial score (nSPS) is 10.1. The first kappa shape index (κ1) is 21.5. The largest absolute Gasteiger partial charge is 0.494 e. The molecule has 1 amide bonds. The van der Waals surface area contributed by atoms with Crippen LogP contribution in [0.25, 0.3) is 0 Å². The van der Waals surface area contributed by atoms with Crippen LogP contribution in [0.4, 0.5) is 4.39 Å². The van der Waals surface area contributed by atoms with Gasteiger partial charge in [-0.25, -0.2) is 4.39 Å². The molecule has 28 heavy (non-hydrogen) atoms. The Morgan fingerprint density at radius 3 is 2.64 bits per heavy atom. The molecule has 0 heterocycles. The molecular weight excluding hydrogens is 431 g/mol. The molecule has 2 aromatic carbocycles. The first-order valence-corrected chi connectivity index (χ1v) is 9.47. The van der Waals surface area contributed by atoms with Crippen LogP contribution in [0.3, 0.4) is 0 Å². The van der Waals surface area contributed by atoms with E-state index in [1.54, 1.807) is 24.3 Å². The molecule has 0 spiro atoms. The highest BCUT2D eigenvalue weighted by Crippen LogP contribution is 2.36. The summed E-state index contributed by atoms with van der Waals surface area (Å²) >= 11 is 3.33. The van der Waals surface area contributed by atoms with Gasteiger partial charge in [0.2, 0.25) is 0 Å². The van der Waals surface area contributed by atoms with Crippen molar-refractivity contribution in [2.24, 2.45) is 0 Å². The van der Waals surface area contributed by atoms with E-state index in [1.807, 2.05) is 13.0 Å². The summed E-state index contributed by atoms with van der Waals surface area (Å²) in [6.45, 7) is 2.83. The van der Waals surface area contributed by atoms with Crippen LogP contribution in [0.15, 0.2) is 40.9 Å². The number of hydrogen-bond donors (Lipinski definition) is 1. The van der Waals surface area contributed by atoms with Gasteiger partial charge in [0.25, 0.3) is 5.91 Å². The van der Waals surface area contributed by atoms with Crippen LogP contribution in [-0.2, 0) is 4.79 Å². The van der Waals surface area contributed by atoms with Gasteiger partial charge in [-0.15, -0.1) is 0 Å². The topological polar surface area (TPSA) is 80.6 Å². The van der Waals surface area contributed by atoms with Crippen LogP contribution in [0, 0.1) is 17.1 Å². The highest BCUT2D eigenvalue weighted by molar-refractivity contribution is 9.10. The van der Waals surface area contributed by atoms with E-state index in [4.69, 9.17) is 19.5 Å². The lowest BCUT2D eigenvalue weighted by Gasteiger charge is -2.14. The molecule has 8 heteroatoms. The number of amides is 1. The second-order valence-electron chi connectivity index (χ2n) is 5.62. The molecule has 0 saturated carbocycles. The van der Waals surface area contributed by atoms with E-state index in [1.165, 1.54) is 12.1 Å². The monoisotopic (exact) mass is 450 g/mol. The predicted molar refractivity (Wildman–Crippen MR) is 105 cm³/mol. The van der Waals surface area contributed by atoms with Crippen LogP contribution in [0.1, 0.15) is 18.9 Å². The number of carbonyl (C=O) groups excluding carboxylic acids is 1. The summed E-state index contributed by atoms with van der Waals surface area (Å²) in [4.78, 5) is 12.0. The molecule has 0 bridgehead atoms. The molecule has 6 nitrogen and oxygen atoms in total. The van der Waals surface area contributed by atoms with Crippen molar-refractivity contribution in [2.45, 2.75) is 13.3 Å². The number of carbonyl (C=O) groups is 1. The van der Waals surface area contributed by atoms with Gasteiger partial charge in [0.05, 0.1) is 29.3 Å². The highest BCUT2D eigenvalue weighted by atomic mass is 79.9. The van der Waals surface area contributed by atoms with Gasteiger partial charge in [-0.2, -0.15) is 5.26 Å². The maximum absolute atomic E-state index is 12.8. The Labute approximate surface area is 171 Å². The Hall–Kier alpha value is -2.79. The maximum Gasteiger partial charge on any atom is 0.257 e. The molecule has 0 unspecified atom stereocenters. The average molecular weight is 451 g/mol. The van der Waals surface area contributed by atoms with E-state index in [-0.39, 0.29) is 18.3 Å². The Morgan fingerprint density at radius 1 is 1.21 bits per heavy atom. The molecule has 0 aliphatic carbocycles. The minimum absolute atomic E-state index is 0.191. The van der Waals surface area contributed by atoms with Crippen LogP contribution < -0.4 is 19.5 Å². The number of hydrogen-bond acceptors (Lipinski definition) is 5. The van der Waals surface area contributed by atoms with E-state index in [0.29, 0.717) is 53.5 Å². The zero-order valence-electron chi connectivity index (χ0n) is 15.3. The van der Waals surface area contributed by atoms with Crippen molar-refractivity contribution in [2.75, 3.05) is 26.4 Å². The van der Waals surface area contributed by atoms with E-state index < -0.39 is 0 Å². The van der Waals surface area contributed by atoms with Gasteiger partial charge >= 0.3 is 0 Å². The molecule has 2 rings (SSSR count). The van der Waals surface area contributed by atoms with Crippen molar-refractivity contribution >= 4 is 21.8 Å². The van der Waals surface area contributed by atoms with Crippen molar-refractivity contribution < 1.29 is 23.4 Å². The molecule has 0 saturated heterocycles. The smallest absolute Gasteiger partial charge is 0.257 e. The zero-order valence-corrected chi connectivity index (χ0v) is 16.9. The number of nitrogens with one attached hydrogen (secondary N) is 1. The Bertz CT molecular complexity index is 837. The first-order valence-electron chi connectivity index (χ1n) is 8.67. The lowest BCUT2D eigenvalue weighted by molar-refractivity contribution is -0.123. The number of nitriles is 1. The number of benzene rings is 2. The fraction of sp³-hybridized carbons (Fsp3) is 0.300. The average Bonchev–Trinajstić information content (AvgIpc) is 2.68. The van der Waals surface area contributed by atoms with Gasteiger partial charge in [-0.3, -0.25) is 4.79 Å². The first-order chi connectivity index (χ1) is 13.5. The third-order valence-corrected chi connectivity index (χ3v) is 4.10. The molecule has 1 N–H and O–H groups in total. The van der Waals surface area contributed by atoms with Gasteiger partial charge in [0.1, 0.15) is 11.6 Å². The third-order valence-electron chi connectivity index (χ3n) is 3.51. The van der Waals surface area contributed by atoms with Crippen LogP contribution in [-0.4, -0.2) is 32.3 Å². The Kier molecular flexibility index (Phi) is 8.56. The van der Waals surface area contributed by atoms with Crippen molar-refractivity contribution in [1.82, 2.24) is 5.32 Å². The van der Waals surface area contributed by atoms with Crippen LogP contribution in [0.5, 0.6) is 17.2 Å². The van der Waals surface area contributed by atoms with Crippen molar-refractivity contribution in [3.05, 3.63) is 52.3 Å². The maximum atomic E-state index is 12.8. The quantitative estimate of drug-likeness (QED) is 0.556. The van der Waals surface area contributed by atoms with E-state index in [0.717, 1.165) is 0 Å². The lowest BCUT2D eigenvalue weighted by atomic mass is 10.2. The Morgan fingerprint density at radius 2 is 1.96 bits per heavy atom. The summed E-state index contributed by atoms with van der Waals surface area (Å²) < 4.78 is 29.8. The number of rotatable bonds is 10. The molecule has 148 valence electrons. The molecule has 0 aliphatic rings. The second-order valence-corrected chi connectivity index (χ2v) is 6.48. The molecule has 0 aromatic heterocycles. The fourth-order valence-corrected chi connectivity index (χ4v) is 2.80. The standard InChI is InChI=1S/C20H20BrFN2O4/c1-2-26-18-11-14(12-23)10-17(21)20(18)28-13-19(25)24-8-3-9-27-16-6-4-15(22)5-7-16/h4-7,10-11H,2-3,8-9,13H2,1H3,(H,24,25). The number of ether oxygens (including phenoxy) is 3. The highest BCUT2D eigenvalue weighted by Gasteiger charge is 2.14. The second kappa shape index (κ2) is 11.1. The molecule has 0 atom stereocenters. The van der Waals surface area contributed by atoms with E-state index in [9.17, 15) is 9.18 Å². The molecule has 0 radical (unpaired) electrons. The van der Waals surface area contributed by atoms with Gasteiger partial charge in [0, 0.05) is 12.6 Å². The molecule has 0 fully saturated rings. The molecule has 0 aliphatic heterocycles. The lowest BCUT2D eigenvalue weighted by Crippen LogP contribution is -2.30. The minimum Gasteiger partial charge on any atom is -0.494 e.